The molecule has 0 unspecified atom stereocenters. The van der Waals surface area contributed by atoms with Gasteiger partial charge in [-0.25, -0.2) is 4.98 Å². The van der Waals surface area contributed by atoms with Crippen LogP contribution in [0.4, 0.5) is 18.9 Å². The molecule has 220 valence electrons. The van der Waals surface area contributed by atoms with E-state index in [0.29, 0.717) is 38.3 Å². The highest BCUT2D eigenvalue weighted by atomic mass is 32.2. The lowest BCUT2D eigenvalue weighted by Crippen LogP contribution is -2.48. The van der Waals surface area contributed by atoms with Crippen LogP contribution in [0.3, 0.4) is 0 Å². The number of piperazine rings is 1. The largest absolute Gasteiger partial charge is 0.416 e. The van der Waals surface area contributed by atoms with Gasteiger partial charge in [0.05, 0.1) is 17.0 Å². The molecule has 0 saturated carbocycles. The minimum Gasteiger partial charge on any atom is -0.368 e. The molecular weight excluding hydrogens is 557 g/mol. The lowest BCUT2D eigenvalue weighted by molar-refractivity contribution is -0.137. The number of benzene rings is 3. The fraction of sp³-hybridized carbons (Fsp3) is 0.333. The number of thioether (sulfide) groups is 1. The van der Waals surface area contributed by atoms with Crippen molar-refractivity contribution in [2.24, 2.45) is 0 Å². The molecule has 0 aliphatic carbocycles. The number of halogens is 3. The summed E-state index contributed by atoms with van der Waals surface area (Å²) in [7, 11) is 0. The summed E-state index contributed by atoms with van der Waals surface area (Å²) in [6.07, 6.45) is -2.23. The number of amides is 1. The standard InChI is InChI=1S/C33H35F3N4OS/c1-2-40-31(26-14-7-4-8-15-26)30(25-12-5-3-6-13-25)37-32(40)42-23-10-9-18-29(41)39-21-19-38(20-22-39)28-17-11-16-27(24-28)33(34,35)36/h3-8,11-17,24H,2,9-10,18-23H2,1H3. The van der Waals surface area contributed by atoms with Gasteiger partial charge in [-0.1, -0.05) is 78.5 Å². The van der Waals surface area contributed by atoms with Gasteiger partial charge < -0.3 is 14.4 Å². The summed E-state index contributed by atoms with van der Waals surface area (Å²) in [5.74, 6) is 0.965. The zero-order valence-electron chi connectivity index (χ0n) is 23.7. The van der Waals surface area contributed by atoms with Crippen LogP contribution in [0.2, 0.25) is 0 Å². The fourth-order valence-corrected chi connectivity index (χ4v) is 6.38. The average molecular weight is 593 g/mol. The molecule has 0 radical (unpaired) electrons. The second kappa shape index (κ2) is 13.5. The highest BCUT2D eigenvalue weighted by Gasteiger charge is 2.31. The molecular formula is C33H35F3N4OS. The van der Waals surface area contributed by atoms with Gasteiger partial charge in [0.25, 0.3) is 0 Å². The van der Waals surface area contributed by atoms with Crippen molar-refractivity contribution < 1.29 is 18.0 Å². The zero-order chi connectivity index (χ0) is 29.5. The summed E-state index contributed by atoms with van der Waals surface area (Å²) in [5, 5.41) is 0.979. The predicted octanol–water partition coefficient (Wildman–Crippen LogP) is 7.87. The fourth-order valence-electron chi connectivity index (χ4n) is 5.31. The Bertz CT molecular complexity index is 1470. The second-order valence-electron chi connectivity index (χ2n) is 10.3. The van der Waals surface area contributed by atoms with Crippen molar-refractivity contribution in [1.29, 1.82) is 0 Å². The number of hydrogen-bond acceptors (Lipinski definition) is 4. The van der Waals surface area contributed by atoms with E-state index in [0.717, 1.165) is 58.9 Å². The first kappa shape index (κ1) is 29.8. The van der Waals surface area contributed by atoms with E-state index in [1.54, 1.807) is 17.8 Å². The molecule has 1 fully saturated rings. The van der Waals surface area contributed by atoms with E-state index in [4.69, 9.17) is 4.98 Å². The van der Waals surface area contributed by atoms with Crippen molar-refractivity contribution in [2.75, 3.05) is 36.8 Å². The Morgan fingerprint density at radius 2 is 1.52 bits per heavy atom. The van der Waals surface area contributed by atoms with Gasteiger partial charge in [-0.2, -0.15) is 13.2 Å². The first-order valence-electron chi connectivity index (χ1n) is 14.4. The Morgan fingerprint density at radius 1 is 0.857 bits per heavy atom. The number of aromatic nitrogens is 2. The Balaban J connectivity index is 1.13. The second-order valence-corrected chi connectivity index (χ2v) is 11.4. The first-order chi connectivity index (χ1) is 20.3. The molecule has 0 atom stereocenters. The SMILES string of the molecule is CCn1c(SCCCCC(=O)N2CCN(c3cccc(C(F)(F)F)c3)CC2)nc(-c2ccccc2)c1-c1ccccc1. The van der Waals surface area contributed by atoms with Crippen LogP contribution in [0.5, 0.6) is 0 Å². The molecule has 9 heteroatoms. The number of carbonyl (C=O) groups excluding carboxylic acids is 1. The van der Waals surface area contributed by atoms with E-state index in [-0.39, 0.29) is 5.91 Å². The molecule has 0 bridgehead atoms. The minimum atomic E-state index is -4.36. The van der Waals surface area contributed by atoms with E-state index >= 15 is 0 Å². The van der Waals surface area contributed by atoms with Gasteiger partial charge in [-0.15, -0.1) is 0 Å². The molecule has 42 heavy (non-hydrogen) atoms. The van der Waals surface area contributed by atoms with Crippen LogP contribution in [0.15, 0.2) is 90.1 Å². The molecule has 1 amide bonds. The number of rotatable bonds is 10. The minimum absolute atomic E-state index is 0.108. The van der Waals surface area contributed by atoms with E-state index in [1.165, 1.54) is 12.1 Å². The van der Waals surface area contributed by atoms with Crippen LogP contribution in [0.1, 0.15) is 31.7 Å². The first-order valence-corrected chi connectivity index (χ1v) is 15.4. The molecule has 1 aromatic heterocycles. The molecule has 0 N–H and O–H groups in total. The van der Waals surface area contributed by atoms with Gasteiger partial charge in [0.15, 0.2) is 5.16 Å². The van der Waals surface area contributed by atoms with Gasteiger partial charge in [0.2, 0.25) is 5.91 Å². The number of carbonyl (C=O) groups is 1. The third-order valence-corrected chi connectivity index (χ3v) is 8.59. The topological polar surface area (TPSA) is 41.4 Å². The van der Waals surface area contributed by atoms with Crippen LogP contribution in [-0.2, 0) is 17.5 Å². The number of alkyl halides is 3. The van der Waals surface area contributed by atoms with E-state index in [1.807, 2.05) is 46.2 Å². The summed E-state index contributed by atoms with van der Waals surface area (Å²) in [5.41, 5.74) is 4.22. The Hall–Kier alpha value is -3.72. The lowest BCUT2D eigenvalue weighted by Gasteiger charge is -2.36. The van der Waals surface area contributed by atoms with Gasteiger partial charge >= 0.3 is 6.18 Å². The molecule has 5 rings (SSSR count). The van der Waals surface area contributed by atoms with Gasteiger partial charge in [-0.3, -0.25) is 4.79 Å². The quantitative estimate of drug-likeness (QED) is 0.139. The summed E-state index contributed by atoms with van der Waals surface area (Å²) in [4.78, 5) is 21.7. The molecule has 1 aliphatic heterocycles. The normalized spacial score (nSPS) is 13.9. The summed E-state index contributed by atoms with van der Waals surface area (Å²) >= 11 is 1.72. The molecule has 0 spiro atoms. The molecule has 2 heterocycles. The van der Waals surface area contributed by atoms with Crippen molar-refractivity contribution >= 4 is 23.4 Å². The van der Waals surface area contributed by atoms with Crippen LogP contribution in [-0.4, -0.2) is 52.3 Å². The maximum absolute atomic E-state index is 13.1. The van der Waals surface area contributed by atoms with Crippen LogP contribution >= 0.6 is 11.8 Å². The van der Waals surface area contributed by atoms with Gasteiger partial charge in [-0.05, 0) is 38.0 Å². The molecule has 4 aromatic rings. The van der Waals surface area contributed by atoms with Crippen molar-refractivity contribution in [3.05, 3.63) is 90.5 Å². The number of anilines is 1. The van der Waals surface area contributed by atoms with Gasteiger partial charge in [0.1, 0.15) is 0 Å². The van der Waals surface area contributed by atoms with E-state index in [2.05, 4.69) is 35.8 Å². The lowest BCUT2D eigenvalue weighted by atomic mass is 10.0. The summed E-state index contributed by atoms with van der Waals surface area (Å²) in [6, 6.07) is 26.0. The third kappa shape index (κ3) is 7.01. The maximum atomic E-state index is 13.1. The summed E-state index contributed by atoms with van der Waals surface area (Å²) in [6.45, 7) is 5.02. The zero-order valence-corrected chi connectivity index (χ0v) is 24.5. The maximum Gasteiger partial charge on any atom is 0.416 e. The molecule has 5 nitrogen and oxygen atoms in total. The van der Waals surface area contributed by atoms with Crippen LogP contribution in [0, 0.1) is 0 Å². The van der Waals surface area contributed by atoms with E-state index < -0.39 is 11.7 Å². The summed E-state index contributed by atoms with van der Waals surface area (Å²) < 4.78 is 41.6. The number of imidazole rings is 1. The Morgan fingerprint density at radius 3 is 2.17 bits per heavy atom. The Labute approximate surface area is 249 Å². The monoisotopic (exact) mass is 592 g/mol. The van der Waals surface area contributed by atoms with Crippen LogP contribution < -0.4 is 4.90 Å². The third-order valence-electron chi connectivity index (χ3n) is 7.53. The van der Waals surface area contributed by atoms with Crippen molar-refractivity contribution in [3.63, 3.8) is 0 Å². The highest BCUT2D eigenvalue weighted by Crippen LogP contribution is 2.36. The smallest absolute Gasteiger partial charge is 0.368 e. The average Bonchev–Trinajstić information content (AvgIpc) is 3.40. The predicted molar refractivity (Wildman–Crippen MR) is 164 cm³/mol. The van der Waals surface area contributed by atoms with E-state index in [9.17, 15) is 18.0 Å². The Kier molecular flexibility index (Phi) is 9.57. The molecule has 3 aromatic carbocycles. The van der Waals surface area contributed by atoms with Gasteiger partial charge in [0, 0.05) is 61.7 Å². The molecule has 1 saturated heterocycles. The van der Waals surface area contributed by atoms with Crippen molar-refractivity contribution in [2.45, 2.75) is 44.1 Å². The number of unbranched alkanes of at least 4 members (excludes halogenated alkanes) is 1. The molecule has 1 aliphatic rings. The van der Waals surface area contributed by atoms with Crippen molar-refractivity contribution in [3.8, 4) is 22.5 Å². The van der Waals surface area contributed by atoms with Crippen molar-refractivity contribution in [1.82, 2.24) is 14.5 Å². The number of hydrogen-bond donors (Lipinski definition) is 0. The highest BCUT2D eigenvalue weighted by molar-refractivity contribution is 7.99. The van der Waals surface area contributed by atoms with Crippen LogP contribution in [0.25, 0.3) is 22.5 Å². The number of nitrogens with zero attached hydrogens (tertiary/aromatic N) is 4.